The van der Waals surface area contributed by atoms with Crippen LogP contribution in [0.1, 0.15) is 18.1 Å². The Labute approximate surface area is 97.1 Å². The average molecular weight is 235 g/mol. The molecule has 2 aromatic rings. The molecular weight excluding hydrogens is 222 g/mol. The molecule has 1 aromatic heterocycles. The molecule has 1 amide bonds. The number of hydrogen-bond acceptors (Lipinski definition) is 4. The van der Waals surface area contributed by atoms with Gasteiger partial charge in [0.15, 0.2) is 0 Å². The lowest BCUT2D eigenvalue weighted by Crippen LogP contribution is -2.25. The minimum atomic E-state index is -1.23. The second-order valence-corrected chi connectivity index (χ2v) is 3.83. The van der Waals surface area contributed by atoms with Gasteiger partial charge in [0.25, 0.3) is 0 Å². The first kappa shape index (κ1) is 11.6. The highest BCUT2D eigenvalue weighted by molar-refractivity contribution is 5.79. The monoisotopic (exact) mass is 235 g/mol. The van der Waals surface area contributed by atoms with Crippen LogP contribution in [-0.2, 0) is 4.79 Å². The van der Waals surface area contributed by atoms with E-state index in [1.165, 1.54) is 6.33 Å². The number of imidazole rings is 1. The second-order valence-electron chi connectivity index (χ2n) is 3.83. The smallest absolute Gasteiger partial charge is 0.220 e. The fourth-order valence-electron chi connectivity index (χ4n) is 1.75. The Hall–Kier alpha value is -1.92. The van der Waals surface area contributed by atoms with Crippen LogP contribution in [0.4, 0.5) is 0 Å². The van der Waals surface area contributed by atoms with Crippen molar-refractivity contribution in [2.45, 2.75) is 18.6 Å². The van der Waals surface area contributed by atoms with Gasteiger partial charge in [0.05, 0.1) is 29.9 Å². The Kier molecular flexibility index (Phi) is 3.08. The molecule has 5 N–H and O–H groups in total. The van der Waals surface area contributed by atoms with Crippen molar-refractivity contribution in [2.75, 3.05) is 0 Å². The highest BCUT2D eigenvalue weighted by atomic mass is 16.3. The van der Waals surface area contributed by atoms with Crippen molar-refractivity contribution >= 4 is 16.9 Å². The van der Waals surface area contributed by atoms with Gasteiger partial charge < -0.3 is 20.9 Å². The summed E-state index contributed by atoms with van der Waals surface area (Å²) < 4.78 is 0. The summed E-state index contributed by atoms with van der Waals surface area (Å²) in [5.74, 6) is -0.661. The minimum Gasteiger partial charge on any atom is -0.390 e. The van der Waals surface area contributed by atoms with E-state index >= 15 is 0 Å². The molecule has 0 saturated heterocycles. The summed E-state index contributed by atoms with van der Waals surface area (Å²) in [5.41, 5.74) is 6.77. The molecule has 2 atom stereocenters. The Morgan fingerprint density at radius 3 is 2.94 bits per heavy atom. The van der Waals surface area contributed by atoms with E-state index in [4.69, 9.17) is 5.73 Å². The topological polar surface area (TPSA) is 112 Å². The molecule has 0 bridgehead atoms. The maximum atomic E-state index is 10.7. The molecule has 90 valence electrons. The summed E-state index contributed by atoms with van der Waals surface area (Å²) in [5, 5.41) is 19.6. The first-order chi connectivity index (χ1) is 8.09. The molecule has 0 aliphatic heterocycles. The molecule has 0 radical (unpaired) electrons. The molecule has 1 heterocycles. The third-order valence-electron chi connectivity index (χ3n) is 2.57. The number of H-pyrrole nitrogens is 1. The molecule has 0 fully saturated rings. The van der Waals surface area contributed by atoms with Gasteiger partial charge in [0.1, 0.15) is 6.10 Å². The summed E-state index contributed by atoms with van der Waals surface area (Å²) in [6.45, 7) is 0. The van der Waals surface area contributed by atoms with Crippen molar-refractivity contribution in [3.8, 4) is 0 Å². The number of fused-ring (bicyclic) bond motifs is 1. The highest BCUT2D eigenvalue weighted by Crippen LogP contribution is 2.25. The number of carbonyl (C=O) groups is 1. The van der Waals surface area contributed by atoms with Crippen molar-refractivity contribution in [3.63, 3.8) is 0 Å². The zero-order chi connectivity index (χ0) is 12.4. The lowest BCUT2D eigenvalue weighted by molar-refractivity contribution is -0.121. The van der Waals surface area contributed by atoms with Crippen LogP contribution in [0.25, 0.3) is 11.0 Å². The number of primary amides is 1. The Morgan fingerprint density at radius 2 is 2.24 bits per heavy atom. The van der Waals surface area contributed by atoms with E-state index in [-0.39, 0.29) is 6.42 Å². The van der Waals surface area contributed by atoms with Gasteiger partial charge in [-0.1, -0.05) is 12.1 Å². The number of aromatic amines is 1. The van der Waals surface area contributed by atoms with Crippen LogP contribution in [0.3, 0.4) is 0 Å². The number of para-hydroxylation sites is 1. The fourth-order valence-corrected chi connectivity index (χ4v) is 1.75. The number of benzene rings is 1. The zero-order valence-electron chi connectivity index (χ0n) is 9.00. The number of amides is 1. The molecule has 17 heavy (non-hydrogen) atoms. The van der Waals surface area contributed by atoms with Crippen molar-refractivity contribution in [1.29, 1.82) is 0 Å². The Bertz CT molecular complexity index is 537. The molecule has 0 aliphatic rings. The van der Waals surface area contributed by atoms with Crippen LogP contribution >= 0.6 is 0 Å². The van der Waals surface area contributed by atoms with E-state index in [1.807, 2.05) is 0 Å². The number of hydrogen-bond donors (Lipinski definition) is 4. The maximum Gasteiger partial charge on any atom is 0.220 e. The number of carbonyl (C=O) groups excluding carboxylic acids is 1. The molecular formula is C11H13N3O3. The first-order valence-electron chi connectivity index (χ1n) is 5.16. The molecule has 0 spiro atoms. The number of aliphatic hydroxyl groups excluding tert-OH is 2. The van der Waals surface area contributed by atoms with Gasteiger partial charge in [-0.05, 0) is 6.07 Å². The van der Waals surface area contributed by atoms with Crippen LogP contribution in [0.5, 0.6) is 0 Å². The standard InChI is InChI=1S/C11H13N3O3/c12-9(16)4-8(15)11(17)6-2-1-3-7-10(6)14-5-13-7/h1-3,5,8,11,15,17H,4H2,(H2,12,16)(H,13,14). The van der Waals surface area contributed by atoms with Gasteiger partial charge in [0, 0.05) is 5.56 Å². The van der Waals surface area contributed by atoms with E-state index in [9.17, 15) is 15.0 Å². The van der Waals surface area contributed by atoms with Crippen LogP contribution in [0, 0.1) is 0 Å². The molecule has 1 aromatic carbocycles. The van der Waals surface area contributed by atoms with E-state index in [1.54, 1.807) is 18.2 Å². The number of nitrogens with one attached hydrogen (secondary N) is 1. The predicted octanol–water partition coefficient (Wildman–Crippen LogP) is -0.167. The second kappa shape index (κ2) is 4.52. The van der Waals surface area contributed by atoms with Crippen LogP contribution in [-0.4, -0.2) is 32.2 Å². The molecule has 6 heteroatoms. The maximum absolute atomic E-state index is 10.7. The lowest BCUT2D eigenvalue weighted by atomic mass is 10.0. The number of rotatable bonds is 4. The zero-order valence-corrected chi connectivity index (χ0v) is 9.00. The Morgan fingerprint density at radius 1 is 1.47 bits per heavy atom. The average Bonchev–Trinajstić information content (AvgIpc) is 2.74. The van der Waals surface area contributed by atoms with Crippen LogP contribution in [0.15, 0.2) is 24.5 Å². The predicted molar refractivity (Wildman–Crippen MR) is 60.9 cm³/mol. The molecule has 2 rings (SSSR count). The normalized spacial score (nSPS) is 14.7. The number of aromatic nitrogens is 2. The van der Waals surface area contributed by atoms with E-state index in [0.717, 1.165) is 5.52 Å². The van der Waals surface area contributed by atoms with Gasteiger partial charge in [-0.2, -0.15) is 0 Å². The lowest BCUT2D eigenvalue weighted by Gasteiger charge is -2.17. The fraction of sp³-hybridized carbons (Fsp3) is 0.273. The van der Waals surface area contributed by atoms with Crippen molar-refractivity contribution in [3.05, 3.63) is 30.1 Å². The summed E-state index contributed by atoms with van der Waals surface area (Å²) in [6.07, 6.45) is -1.20. The molecule has 0 aliphatic carbocycles. The number of nitrogens with zero attached hydrogens (tertiary/aromatic N) is 1. The van der Waals surface area contributed by atoms with Gasteiger partial charge in [-0.3, -0.25) is 4.79 Å². The third kappa shape index (κ3) is 2.27. The highest BCUT2D eigenvalue weighted by Gasteiger charge is 2.22. The summed E-state index contributed by atoms with van der Waals surface area (Å²) in [6, 6.07) is 5.19. The van der Waals surface area contributed by atoms with E-state index < -0.39 is 18.1 Å². The summed E-state index contributed by atoms with van der Waals surface area (Å²) in [7, 11) is 0. The minimum absolute atomic E-state index is 0.290. The van der Waals surface area contributed by atoms with Gasteiger partial charge in [-0.25, -0.2) is 4.98 Å². The summed E-state index contributed by atoms with van der Waals surface area (Å²) >= 11 is 0. The Balaban J connectivity index is 2.32. The number of aliphatic hydroxyl groups is 2. The van der Waals surface area contributed by atoms with Crippen molar-refractivity contribution in [1.82, 2.24) is 9.97 Å². The van der Waals surface area contributed by atoms with Gasteiger partial charge in [0.2, 0.25) is 5.91 Å². The number of nitrogens with two attached hydrogens (primary N) is 1. The van der Waals surface area contributed by atoms with Gasteiger partial charge in [-0.15, -0.1) is 0 Å². The molecule has 2 unspecified atom stereocenters. The van der Waals surface area contributed by atoms with Crippen LogP contribution < -0.4 is 5.73 Å². The van der Waals surface area contributed by atoms with Crippen LogP contribution in [0.2, 0.25) is 0 Å². The SMILES string of the molecule is NC(=O)CC(O)C(O)c1cccc2[nH]cnc12. The largest absolute Gasteiger partial charge is 0.390 e. The quantitative estimate of drug-likeness (QED) is 0.589. The summed E-state index contributed by atoms with van der Waals surface area (Å²) in [4.78, 5) is 17.6. The third-order valence-corrected chi connectivity index (χ3v) is 2.57. The van der Waals surface area contributed by atoms with Crippen molar-refractivity contribution in [2.24, 2.45) is 5.73 Å². The van der Waals surface area contributed by atoms with E-state index in [0.29, 0.717) is 11.1 Å². The first-order valence-corrected chi connectivity index (χ1v) is 5.16. The van der Waals surface area contributed by atoms with Gasteiger partial charge >= 0.3 is 0 Å². The molecule has 0 saturated carbocycles. The van der Waals surface area contributed by atoms with E-state index in [2.05, 4.69) is 9.97 Å². The van der Waals surface area contributed by atoms with Crippen molar-refractivity contribution < 1.29 is 15.0 Å². The molecule has 6 nitrogen and oxygen atoms in total.